The minimum Gasteiger partial charge on any atom is -0.468 e. The molecule has 1 atom stereocenters. The van der Waals surface area contributed by atoms with Crippen LogP contribution in [-0.2, 0) is 9.53 Å². The van der Waals surface area contributed by atoms with Crippen molar-refractivity contribution in [2.75, 3.05) is 12.9 Å². The quantitative estimate of drug-likeness (QED) is 0.696. The predicted octanol–water partition coefficient (Wildman–Crippen LogP) is 2.87. The van der Waals surface area contributed by atoms with Crippen molar-refractivity contribution in [3.05, 3.63) is 0 Å². The largest absolute Gasteiger partial charge is 0.468 e. The molecule has 15 heavy (non-hydrogen) atoms. The van der Waals surface area contributed by atoms with Gasteiger partial charge in [0.1, 0.15) is 5.25 Å². The van der Waals surface area contributed by atoms with Crippen LogP contribution in [0.15, 0.2) is 0 Å². The van der Waals surface area contributed by atoms with Gasteiger partial charge in [-0.3, -0.25) is 4.79 Å². The molecule has 0 fully saturated rings. The SMILES string of the molecule is COC(=O)C(SCCC(F)(F)F)C(C)C. The summed E-state index contributed by atoms with van der Waals surface area (Å²) in [5.74, 6) is -0.602. The third-order valence-corrected chi connectivity index (χ3v) is 3.26. The molecule has 2 nitrogen and oxygen atoms in total. The van der Waals surface area contributed by atoms with Gasteiger partial charge in [-0.15, -0.1) is 11.8 Å². The Balaban J connectivity index is 4.04. The van der Waals surface area contributed by atoms with Crippen molar-refractivity contribution in [3.63, 3.8) is 0 Å². The van der Waals surface area contributed by atoms with Crippen molar-refractivity contribution in [2.45, 2.75) is 31.7 Å². The molecule has 0 heterocycles. The molecule has 0 rings (SSSR count). The second kappa shape index (κ2) is 6.25. The first-order chi connectivity index (χ1) is 6.78. The molecule has 0 spiro atoms. The summed E-state index contributed by atoms with van der Waals surface area (Å²) < 4.78 is 40.1. The van der Waals surface area contributed by atoms with Crippen molar-refractivity contribution in [2.24, 2.45) is 5.92 Å². The van der Waals surface area contributed by atoms with Crippen LogP contribution in [0.1, 0.15) is 20.3 Å². The van der Waals surface area contributed by atoms with E-state index < -0.39 is 23.8 Å². The maximum absolute atomic E-state index is 11.9. The number of hydrogen-bond acceptors (Lipinski definition) is 3. The summed E-state index contributed by atoms with van der Waals surface area (Å²) in [5, 5.41) is -0.516. The van der Waals surface area contributed by atoms with Crippen molar-refractivity contribution >= 4 is 17.7 Å². The summed E-state index contributed by atoms with van der Waals surface area (Å²) in [4.78, 5) is 11.2. The highest BCUT2D eigenvalue weighted by atomic mass is 32.2. The minimum atomic E-state index is -4.16. The van der Waals surface area contributed by atoms with Crippen molar-refractivity contribution in [3.8, 4) is 0 Å². The van der Waals surface area contributed by atoms with Crippen LogP contribution in [-0.4, -0.2) is 30.3 Å². The number of carbonyl (C=O) groups excluding carboxylic acids is 1. The van der Waals surface area contributed by atoms with E-state index in [0.717, 1.165) is 11.8 Å². The van der Waals surface area contributed by atoms with Crippen LogP contribution in [0.5, 0.6) is 0 Å². The van der Waals surface area contributed by atoms with Crippen molar-refractivity contribution < 1.29 is 22.7 Å². The van der Waals surface area contributed by atoms with Gasteiger partial charge in [-0.2, -0.15) is 13.2 Å². The molecule has 0 amide bonds. The molecule has 0 N–H and O–H groups in total. The fourth-order valence-electron chi connectivity index (χ4n) is 0.950. The Morgan fingerprint density at radius 2 is 1.93 bits per heavy atom. The number of hydrogen-bond donors (Lipinski definition) is 0. The van der Waals surface area contributed by atoms with E-state index in [0.29, 0.717) is 0 Å². The molecule has 0 aromatic heterocycles. The molecule has 0 aliphatic carbocycles. The lowest BCUT2D eigenvalue weighted by Crippen LogP contribution is -2.25. The molecule has 0 aliphatic heterocycles. The monoisotopic (exact) mass is 244 g/mol. The summed E-state index contributed by atoms with van der Waals surface area (Å²) >= 11 is 0.995. The van der Waals surface area contributed by atoms with E-state index in [1.165, 1.54) is 7.11 Å². The zero-order chi connectivity index (χ0) is 12.1. The van der Waals surface area contributed by atoms with Crippen LogP contribution < -0.4 is 0 Å². The first-order valence-corrected chi connectivity index (χ1v) is 5.59. The number of halogens is 3. The minimum absolute atomic E-state index is 0.0318. The third-order valence-electron chi connectivity index (χ3n) is 1.72. The molecule has 0 bridgehead atoms. The Morgan fingerprint density at radius 1 is 1.40 bits per heavy atom. The second-order valence-corrected chi connectivity index (χ2v) is 4.67. The number of esters is 1. The molecule has 0 aromatic carbocycles. The highest BCUT2D eigenvalue weighted by Gasteiger charge is 2.29. The molecule has 0 saturated carbocycles. The first kappa shape index (κ1) is 14.6. The first-order valence-electron chi connectivity index (χ1n) is 4.54. The molecule has 90 valence electrons. The number of carbonyl (C=O) groups is 1. The van der Waals surface area contributed by atoms with Gasteiger partial charge in [0.05, 0.1) is 13.5 Å². The van der Waals surface area contributed by atoms with Crippen LogP contribution in [0.25, 0.3) is 0 Å². The fourth-order valence-corrected chi connectivity index (χ4v) is 2.17. The van der Waals surface area contributed by atoms with Gasteiger partial charge in [0, 0.05) is 5.75 Å². The smallest absolute Gasteiger partial charge is 0.389 e. The van der Waals surface area contributed by atoms with Crippen LogP contribution in [0.3, 0.4) is 0 Å². The number of alkyl halides is 3. The molecule has 0 radical (unpaired) electrons. The maximum Gasteiger partial charge on any atom is 0.389 e. The van der Waals surface area contributed by atoms with Gasteiger partial charge in [0.2, 0.25) is 0 Å². The molecule has 0 saturated heterocycles. The van der Waals surface area contributed by atoms with Gasteiger partial charge >= 0.3 is 12.1 Å². The van der Waals surface area contributed by atoms with Gasteiger partial charge in [0.15, 0.2) is 0 Å². The normalized spacial score (nSPS) is 14.1. The summed E-state index contributed by atoms with van der Waals surface area (Å²) in [6, 6.07) is 0. The summed E-state index contributed by atoms with van der Waals surface area (Å²) in [7, 11) is 1.24. The Kier molecular flexibility index (Phi) is 6.09. The van der Waals surface area contributed by atoms with Crippen LogP contribution in [0, 0.1) is 5.92 Å². The van der Waals surface area contributed by atoms with Crippen molar-refractivity contribution in [1.29, 1.82) is 0 Å². The lowest BCUT2D eigenvalue weighted by molar-refractivity contribution is -0.141. The Hall–Kier alpha value is -0.390. The lowest BCUT2D eigenvalue weighted by atomic mass is 10.1. The van der Waals surface area contributed by atoms with E-state index in [9.17, 15) is 18.0 Å². The molecular formula is C9H15F3O2S. The van der Waals surface area contributed by atoms with E-state index in [1.807, 2.05) is 0 Å². The number of ether oxygens (including phenoxy) is 1. The van der Waals surface area contributed by atoms with Gasteiger partial charge in [-0.25, -0.2) is 0 Å². The van der Waals surface area contributed by atoms with E-state index >= 15 is 0 Å². The van der Waals surface area contributed by atoms with Gasteiger partial charge < -0.3 is 4.74 Å². The van der Waals surface area contributed by atoms with Crippen molar-refractivity contribution in [1.82, 2.24) is 0 Å². The topological polar surface area (TPSA) is 26.3 Å². The van der Waals surface area contributed by atoms with Crippen LogP contribution >= 0.6 is 11.8 Å². The van der Waals surface area contributed by atoms with E-state index in [4.69, 9.17) is 0 Å². The van der Waals surface area contributed by atoms with E-state index in [1.54, 1.807) is 13.8 Å². The number of methoxy groups -OCH3 is 1. The van der Waals surface area contributed by atoms with Crippen LogP contribution in [0.4, 0.5) is 13.2 Å². The maximum atomic E-state index is 11.9. The third kappa shape index (κ3) is 6.65. The summed E-state index contributed by atoms with van der Waals surface area (Å²) in [6.45, 7) is 3.56. The fraction of sp³-hybridized carbons (Fsp3) is 0.889. The second-order valence-electron chi connectivity index (χ2n) is 3.42. The Morgan fingerprint density at radius 3 is 2.27 bits per heavy atom. The summed E-state index contributed by atoms with van der Waals surface area (Å²) in [6.07, 6.45) is -5.04. The van der Waals surface area contributed by atoms with Gasteiger partial charge in [0.25, 0.3) is 0 Å². The van der Waals surface area contributed by atoms with Gasteiger partial charge in [-0.05, 0) is 5.92 Å². The van der Waals surface area contributed by atoms with Crippen LogP contribution in [0.2, 0.25) is 0 Å². The number of rotatable bonds is 5. The molecule has 0 aliphatic rings. The zero-order valence-electron chi connectivity index (χ0n) is 8.93. The molecular weight excluding hydrogens is 229 g/mol. The Bertz CT molecular complexity index is 204. The predicted molar refractivity (Wildman–Crippen MR) is 53.8 cm³/mol. The molecule has 0 aromatic rings. The highest BCUT2D eigenvalue weighted by Crippen LogP contribution is 2.27. The van der Waals surface area contributed by atoms with E-state index in [2.05, 4.69) is 4.74 Å². The molecule has 1 unspecified atom stereocenters. The average molecular weight is 244 g/mol. The summed E-state index contributed by atoms with van der Waals surface area (Å²) in [5.41, 5.74) is 0. The number of thioether (sulfide) groups is 1. The van der Waals surface area contributed by atoms with E-state index in [-0.39, 0.29) is 11.7 Å². The Labute approximate surface area is 91.6 Å². The highest BCUT2D eigenvalue weighted by molar-refractivity contribution is 8.00. The zero-order valence-corrected chi connectivity index (χ0v) is 9.74. The molecule has 6 heteroatoms. The van der Waals surface area contributed by atoms with Gasteiger partial charge in [-0.1, -0.05) is 13.8 Å². The average Bonchev–Trinajstić information content (AvgIpc) is 2.09. The standard InChI is InChI=1S/C9H15F3O2S/c1-6(2)7(8(13)14-3)15-5-4-9(10,11)12/h6-7H,4-5H2,1-3H3. The lowest BCUT2D eigenvalue weighted by Gasteiger charge is -2.17.